The summed E-state index contributed by atoms with van der Waals surface area (Å²) in [7, 11) is 1.77. The van der Waals surface area contributed by atoms with Crippen LogP contribution in [0.3, 0.4) is 0 Å². The molecule has 3 aromatic rings. The lowest BCUT2D eigenvalue weighted by atomic mass is 10.0. The first-order valence-corrected chi connectivity index (χ1v) is 9.26. The average molecular weight is 386 g/mol. The quantitative estimate of drug-likeness (QED) is 0.616. The van der Waals surface area contributed by atoms with Crippen molar-refractivity contribution in [3.8, 4) is 0 Å². The highest BCUT2D eigenvalue weighted by Crippen LogP contribution is 2.35. The maximum absolute atomic E-state index is 14.4. The third-order valence-corrected chi connectivity index (χ3v) is 4.86. The monoisotopic (exact) mass is 386 g/mol. The number of nitrogens with zero attached hydrogens (tertiary/aromatic N) is 2. The predicted octanol–water partition coefficient (Wildman–Crippen LogP) is 4.24. The third kappa shape index (κ3) is 3.43. The predicted molar refractivity (Wildman–Crippen MR) is 110 cm³/mol. The normalized spacial score (nSPS) is 13.9. The number of carbonyl (C=O) groups is 2. The number of imide groups is 1. The average Bonchev–Trinajstić information content (AvgIpc) is 3.00. The zero-order valence-corrected chi connectivity index (χ0v) is 15.9. The molecule has 0 aliphatic carbocycles. The summed E-state index contributed by atoms with van der Waals surface area (Å²) in [6.07, 6.45) is 0. The van der Waals surface area contributed by atoms with Gasteiger partial charge >= 0.3 is 0 Å². The fraction of sp³-hybridized carbons (Fsp3) is 0.0833. The van der Waals surface area contributed by atoms with E-state index in [1.807, 2.05) is 36.4 Å². The number of benzene rings is 3. The molecule has 0 N–H and O–H groups in total. The third-order valence-electron chi connectivity index (χ3n) is 4.86. The molecule has 4 rings (SSSR count). The molecule has 3 aromatic carbocycles. The summed E-state index contributed by atoms with van der Waals surface area (Å²) < 4.78 is 14.4. The lowest BCUT2D eigenvalue weighted by Gasteiger charge is -2.21. The van der Waals surface area contributed by atoms with E-state index in [2.05, 4.69) is 0 Å². The van der Waals surface area contributed by atoms with Crippen LogP contribution in [-0.4, -0.2) is 23.8 Å². The van der Waals surface area contributed by atoms with Gasteiger partial charge in [-0.3, -0.25) is 9.59 Å². The van der Waals surface area contributed by atoms with Gasteiger partial charge in [-0.1, -0.05) is 72.8 Å². The Hall–Kier alpha value is -3.73. The maximum Gasteiger partial charge on any atom is 0.282 e. The molecule has 0 saturated heterocycles. The zero-order chi connectivity index (χ0) is 20.4. The number of hydrogen-bond donors (Lipinski definition) is 0. The van der Waals surface area contributed by atoms with Crippen molar-refractivity contribution in [3.63, 3.8) is 0 Å². The van der Waals surface area contributed by atoms with Crippen LogP contribution in [-0.2, 0) is 16.1 Å². The van der Waals surface area contributed by atoms with E-state index in [4.69, 9.17) is 0 Å². The number of likely N-dealkylation sites (N-methyl/N-ethyl adjacent to an activating group) is 1. The maximum atomic E-state index is 14.4. The second-order valence-electron chi connectivity index (χ2n) is 6.83. The Bertz CT molecular complexity index is 1090. The fourth-order valence-electron chi connectivity index (χ4n) is 3.53. The molecule has 4 nitrogen and oxygen atoms in total. The molecule has 1 aliphatic rings. The highest BCUT2D eigenvalue weighted by Gasteiger charge is 2.42. The first-order chi connectivity index (χ1) is 14.1. The van der Waals surface area contributed by atoms with Crippen molar-refractivity contribution in [1.29, 1.82) is 0 Å². The van der Waals surface area contributed by atoms with Crippen LogP contribution in [0.25, 0.3) is 5.57 Å². The SMILES string of the molecule is CN(Cc1ccccc1)C1=C(c2ccccc2)C(=O)N(c2ccccc2F)C1=O. The van der Waals surface area contributed by atoms with E-state index >= 15 is 0 Å². The van der Waals surface area contributed by atoms with E-state index in [9.17, 15) is 14.0 Å². The summed E-state index contributed by atoms with van der Waals surface area (Å²) in [5, 5.41) is 0. The van der Waals surface area contributed by atoms with Gasteiger partial charge in [0, 0.05) is 13.6 Å². The molecule has 0 aromatic heterocycles. The topological polar surface area (TPSA) is 40.6 Å². The Morgan fingerprint density at radius 3 is 2.03 bits per heavy atom. The van der Waals surface area contributed by atoms with E-state index < -0.39 is 17.6 Å². The Labute approximate surface area is 168 Å². The van der Waals surface area contributed by atoms with Gasteiger partial charge in [0.05, 0.1) is 11.3 Å². The smallest absolute Gasteiger partial charge is 0.282 e. The molecule has 0 bridgehead atoms. The van der Waals surface area contributed by atoms with Crippen LogP contribution in [0, 0.1) is 5.82 Å². The summed E-state index contributed by atoms with van der Waals surface area (Å²) in [6, 6.07) is 24.5. The summed E-state index contributed by atoms with van der Waals surface area (Å²) in [6.45, 7) is 0.441. The zero-order valence-electron chi connectivity index (χ0n) is 15.9. The van der Waals surface area contributed by atoms with E-state index in [0.29, 0.717) is 12.1 Å². The minimum atomic E-state index is -0.617. The summed E-state index contributed by atoms with van der Waals surface area (Å²) in [5.41, 5.74) is 2.11. The van der Waals surface area contributed by atoms with Crippen molar-refractivity contribution in [1.82, 2.24) is 4.90 Å². The molecule has 5 heteroatoms. The fourth-order valence-corrected chi connectivity index (χ4v) is 3.53. The van der Waals surface area contributed by atoms with Gasteiger partial charge in [-0.25, -0.2) is 9.29 Å². The van der Waals surface area contributed by atoms with Crippen LogP contribution in [0.15, 0.2) is 90.6 Å². The van der Waals surface area contributed by atoms with Crippen LogP contribution in [0.2, 0.25) is 0 Å². The van der Waals surface area contributed by atoms with Gasteiger partial charge in [0.1, 0.15) is 11.5 Å². The van der Waals surface area contributed by atoms with Crippen LogP contribution < -0.4 is 4.90 Å². The van der Waals surface area contributed by atoms with Crippen molar-refractivity contribution in [2.45, 2.75) is 6.54 Å². The van der Waals surface area contributed by atoms with Crippen molar-refractivity contribution in [3.05, 3.63) is 108 Å². The van der Waals surface area contributed by atoms with Crippen molar-refractivity contribution in [2.75, 3.05) is 11.9 Å². The number of carbonyl (C=O) groups excluding carboxylic acids is 2. The second kappa shape index (κ2) is 7.72. The molecule has 1 aliphatic heterocycles. The van der Waals surface area contributed by atoms with Gasteiger partial charge in [0.25, 0.3) is 11.8 Å². The first kappa shape index (κ1) is 18.6. The molecule has 2 amide bonds. The highest BCUT2D eigenvalue weighted by molar-refractivity contribution is 6.45. The molecule has 0 unspecified atom stereocenters. The highest BCUT2D eigenvalue weighted by atomic mass is 19.1. The van der Waals surface area contributed by atoms with Crippen LogP contribution in [0.5, 0.6) is 0 Å². The lowest BCUT2D eigenvalue weighted by molar-refractivity contribution is -0.120. The number of para-hydroxylation sites is 1. The van der Waals surface area contributed by atoms with E-state index in [1.54, 1.807) is 42.3 Å². The lowest BCUT2D eigenvalue weighted by Crippen LogP contribution is -2.34. The molecular weight excluding hydrogens is 367 g/mol. The van der Waals surface area contributed by atoms with Crippen LogP contribution >= 0.6 is 0 Å². The summed E-state index contributed by atoms with van der Waals surface area (Å²) >= 11 is 0. The van der Waals surface area contributed by atoms with Gasteiger partial charge < -0.3 is 4.90 Å². The Morgan fingerprint density at radius 1 is 0.793 bits per heavy atom. The van der Waals surface area contributed by atoms with Crippen molar-refractivity contribution >= 4 is 23.1 Å². The number of halogens is 1. The van der Waals surface area contributed by atoms with Gasteiger partial charge in [-0.2, -0.15) is 0 Å². The van der Waals surface area contributed by atoms with E-state index in [1.165, 1.54) is 18.2 Å². The number of amides is 2. The van der Waals surface area contributed by atoms with E-state index in [-0.39, 0.29) is 17.0 Å². The van der Waals surface area contributed by atoms with Gasteiger partial charge in [-0.05, 0) is 23.3 Å². The van der Waals surface area contributed by atoms with Gasteiger partial charge in [0.15, 0.2) is 0 Å². The molecular formula is C24H19FN2O2. The molecule has 0 atom stereocenters. The molecule has 29 heavy (non-hydrogen) atoms. The Balaban J connectivity index is 1.81. The molecule has 0 spiro atoms. The Kier molecular flexibility index (Phi) is 4.96. The molecule has 144 valence electrons. The molecule has 0 saturated carbocycles. The summed E-state index contributed by atoms with van der Waals surface area (Å²) in [4.78, 5) is 29.3. The standard InChI is InChI=1S/C24H19FN2O2/c1-26(16-17-10-4-2-5-11-17)22-21(18-12-6-3-7-13-18)23(28)27(24(22)29)20-15-9-8-14-19(20)25/h2-15H,16H2,1H3. The van der Waals surface area contributed by atoms with Gasteiger partial charge in [0.2, 0.25) is 0 Å². The number of hydrogen-bond acceptors (Lipinski definition) is 3. The minimum Gasteiger partial charge on any atom is -0.365 e. The van der Waals surface area contributed by atoms with Crippen LogP contribution in [0.1, 0.15) is 11.1 Å². The second-order valence-corrected chi connectivity index (χ2v) is 6.83. The Morgan fingerprint density at radius 2 is 1.38 bits per heavy atom. The largest absolute Gasteiger partial charge is 0.365 e. The molecule has 0 radical (unpaired) electrons. The first-order valence-electron chi connectivity index (χ1n) is 9.26. The van der Waals surface area contributed by atoms with Crippen molar-refractivity contribution < 1.29 is 14.0 Å². The van der Waals surface area contributed by atoms with Crippen molar-refractivity contribution in [2.24, 2.45) is 0 Å². The summed E-state index contributed by atoms with van der Waals surface area (Å²) in [5.74, 6) is -1.67. The number of rotatable bonds is 5. The van der Waals surface area contributed by atoms with Gasteiger partial charge in [-0.15, -0.1) is 0 Å². The minimum absolute atomic E-state index is 0.0426. The van der Waals surface area contributed by atoms with E-state index in [0.717, 1.165) is 10.5 Å². The molecule has 1 heterocycles. The van der Waals surface area contributed by atoms with Crippen LogP contribution in [0.4, 0.5) is 10.1 Å². The molecule has 0 fully saturated rings. The number of anilines is 1.